The number of anilines is 1. The number of amides is 2. The van der Waals surface area contributed by atoms with Crippen molar-refractivity contribution >= 4 is 28.2 Å². The monoisotopic (exact) mass is 410 g/mol. The van der Waals surface area contributed by atoms with Gasteiger partial charge in [-0.05, 0) is 43.4 Å². The van der Waals surface area contributed by atoms with Crippen LogP contribution in [0.2, 0.25) is 0 Å². The summed E-state index contributed by atoms with van der Waals surface area (Å²) in [5.41, 5.74) is 8.18. The first-order valence-corrected chi connectivity index (χ1v) is 10.6. The van der Waals surface area contributed by atoms with Crippen molar-refractivity contribution in [3.05, 3.63) is 76.1 Å². The number of thiophene rings is 1. The first-order chi connectivity index (χ1) is 14.1. The van der Waals surface area contributed by atoms with E-state index >= 15 is 0 Å². The second kappa shape index (κ2) is 8.63. The van der Waals surface area contributed by atoms with Gasteiger partial charge in [-0.25, -0.2) is 0 Å². The molecule has 0 fully saturated rings. The lowest BCUT2D eigenvalue weighted by Gasteiger charge is -2.14. The van der Waals surface area contributed by atoms with Crippen molar-refractivity contribution in [3.8, 4) is 0 Å². The van der Waals surface area contributed by atoms with E-state index in [0.29, 0.717) is 10.6 Å². The molecular weight excluding hydrogens is 386 g/mol. The summed E-state index contributed by atoms with van der Waals surface area (Å²) in [6, 6.07) is 13.5. The average molecular weight is 411 g/mol. The summed E-state index contributed by atoms with van der Waals surface area (Å²) in [5, 5.41) is 5.43. The van der Waals surface area contributed by atoms with Crippen molar-refractivity contribution in [2.75, 3.05) is 11.9 Å². The minimum absolute atomic E-state index is 0.121. The summed E-state index contributed by atoms with van der Waals surface area (Å²) < 4.78 is 5.58. The Hall–Kier alpha value is -2.90. The van der Waals surface area contributed by atoms with Crippen LogP contribution >= 0.6 is 11.3 Å². The van der Waals surface area contributed by atoms with Crippen LogP contribution in [0.1, 0.15) is 51.0 Å². The zero-order chi connectivity index (χ0) is 20.2. The molecule has 0 bridgehead atoms. The molecule has 0 aliphatic heterocycles. The third-order valence-corrected chi connectivity index (χ3v) is 6.43. The van der Waals surface area contributed by atoms with E-state index in [1.807, 2.05) is 47.8 Å². The Balaban J connectivity index is 1.48. The maximum Gasteiger partial charge on any atom is 0.280 e. The van der Waals surface area contributed by atoms with Crippen LogP contribution in [0.25, 0.3) is 0 Å². The Bertz CT molecular complexity index is 996. The molecule has 4 rings (SSSR count). The maximum atomic E-state index is 12.7. The van der Waals surface area contributed by atoms with E-state index < -0.39 is 5.91 Å². The Labute approximate surface area is 173 Å². The van der Waals surface area contributed by atoms with Crippen molar-refractivity contribution < 1.29 is 19.3 Å². The van der Waals surface area contributed by atoms with Crippen LogP contribution in [-0.4, -0.2) is 18.4 Å². The Morgan fingerprint density at radius 3 is 2.66 bits per heavy atom. The fraction of sp³-hybridized carbons (Fsp3) is 0.273. The molecule has 0 saturated heterocycles. The number of aryl methyl sites for hydroxylation is 1. The molecule has 6 nitrogen and oxygen atoms in total. The van der Waals surface area contributed by atoms with Crippen molar-refractivity contribution in [3.63, 3.8) is 0 Å². The van der Waals surface area contributed by atoms with Gasteiger partial charge < -0.3 is 20.8 Å². The number of rotatable bonds is 7. The smallest absolute Gasteiger partial charge is 0.280 e. The summed E-state index contributed by atoms with van der Waals surface area (Å²) >= 11 is 1.48. The number of nitrogens with two attached hydrogens (primary N) is 2. The average Bonchev–Trinajstić information content (AvgIpc) is 3.36. The van der Waals surface area contributed by atoms with E-state index in [9.17, 15) is 9.59 Å². The zero-order valence-electron chi connectivity index (χ0n) is 16.0. The number of hydrogen-bond acceptors (Lipinski definition) is 4. The van der Waals surface area contributed by atoms with Crippen LogP contribution in [0.3, 0.4) is 0 Å². The van der Waals surface area contributed by atoms with Gasteiger partial charge in [0.2, 0.25) is 0 Å². The Morgan fingerprint density at radius 1 is 1.14 bits per heavy atom. The molecule has 1 aliphatic carbocycles. The molecule has 1 atom stereocenters. The second-order valence-corrected chi connectivity index (χ2v) is 8.28. The molecule has 0 spiro atoms. The molecule has 2 amide bonds. The van der Waals surface area contributed by atoms with Gasteiger partial charge in [0, 0.05) is 10.4 Å². The summed E-state index contributed by atoms with van der Waals surface area (Å²) in [7, 11) is 0. The molecule has 2 aromatic heterocycles. The number of benzene rings is 1. The number of furan rings is 1. The van der Waals surface area contributed by atoms with Gasteiger partial charge in [-0.1, -0.05) is 30.3 Å². The number of hydrogen-bond donors (Lipinski definition) is 3. The fourth-order valence-corrected chi connectivity index (χ4v) is 5.17. The minimum Gasteiger partial charge on any atom is -0.463 e. The molecule has 0 saturated carbocycles. The van der Waals surface area contributed by atoms with Crippen molar-refractivity contribution in [1.29, 1.82) is 0 Å². The first-order valence-electron chi connectivity index (χ1n) is 9.79. The molecule has 1 aliphatic rings. The predicted molar refractivity (Wildman–Crippen MR) is 112 cm³/mol. The van der Waals surface area contributed by atoms with Crippen LogP contribution in [0.4, 0.5) is 5.00 Å². The molecule has 7 heteroatoms. The van der Waals surface area contributed by atoms with E-state index in [-0.39, 0.29) is 18.5 Å². The lowest BCUT2D eigenvalue weighted by Crippen LogP contribution is -2.87. The number of fused-ring (bicyclic) bond motifs is 1. The first kappa shape index (κ1) is 19.4. The molecule has 0 unspecified atom stereocenters. The van der Waals surface area contributed by atoms with Gasteiger partial charge in [0.25, 0.3) is 11.8 Å². The number of carbonyl (C=O) groups excluding carboxylic acids is 2. The third-order valence-electron chi connectivity index (χ3n) is 5.22. The van der Waals surface area contributed by atoms with E-state index in [0.717, 1.165) is 42.6 Å². The van der Waals surface area contributed by atoms with Crippen LogP contribution in [0.5, 0.6) is 0 Å². The summed E-state index contributed by atoms with van der Waals surface area (Å²) in [6.45, 7) is 0.195. The van der Waals surface area contributed by atoms with E-state index in [4.69, 9.17) is 10.2 Å². The molecule has 150 valence electrons. The number of primary amides is 1. The number of nitrogens with one attached hydrogen (secondary N) is 1. The van der Waals surface area contributed by atoms with Gasteiger partial charge in [0.05, 0.1) is 11.8 Å². The predicted octanol–water partition coefficient (Wildman–Crippen LogP) is 2.61. The largest absolute Gasteiger partial charge is 0.463 e. The van der Waals surface area contributed by atoms with Crippen molar-refractivity contribution in [2.45, 2.75) is 31.7 Å². The fourth-order valence-electron chi connectivity index (χ4n) is 3.86. The lowest BCUT2D eigenvalue weighted by atomic mass is 9.95. The Kier molecular flexibility index (Phi) is 5.78. The van der Waals surface area contributed by atoms with E-state index in [1.54, 1.807) is 6.26 Å². The second-order valence-electron chi connectivity index (χ2n) is 7.17. The van der Waals surface area contributed by atoms with Gasteiger partial charge in [-0.2, -0.15) is 0 Å². The van der Waals surface area contributed by atoms with Gasteiger partial charge in [0.15, 0.2) is 18.3 Å². The highest BCUT2D eigenvalue weighted by Gasteiger charge is 2.26. The van der Waals surface area contributed by atoms with Gasteiger partial charge in [-0.15, -0.1) is 11.3 Å². The highest BCUT2D eigenvalue weighted by Crippen LogP contribution is 2.37. The van der Waals surface area contributed by atoms with Crippen LogP contribution in [0.15, 0.2) is 53.1 Å². The highest BCUT2D eigenvalue weighted by atomic mass is 32.1. The number of carbonyl (C=O) groups is 2. The van der Waals surface area contributed by atoms with Crippen LogP contribution in [0, 0.1) is 0 Å². The van der Waals surface area contributed by atoms with E-state index in [1.165, 1.54) is 16.2 Å². The van der Waals surface area contributed by atoms with Crippen molar-refractivity contribution in [2.24, 2.45) is 5.73 Å². The lowest BCUT2D eigenvalue weighted by molar-refractivity contribution is -0.678. The van der Waals surface area contributed by atoms with Crippen molar-refractivity contribution in [1.82, 2.24) is 0 Å². The molecule has 3 aromatic rings. The summed E-state index contributed by atoms with van der Waals surface area (Å²) in [4.78, 5) is 25.9. The standard InChI is InChI=1S/C22H23N3O3S/c23-21(27)19-15-9-4-5-11-17(15)29-22(19)25-18(26)13-24-20(16-10-6-12-28-16)14-7-2-1-3-8-14/h1-3,6-8,10,12,20,24H,4-5,9,11,13H2,(H2,23,27)(H,25,26)/p+1/t20-/m0/s1. The molecular formula is C22H24N3O3S+. The van der Waals surface area contributed by atoms with Crippen LogP contribution in [-0.2, 0) is 17.6 Å². The van der Waals surface area contributed by atoms with Gasteiger partial charge in [0.1, 0.15) is 5.00 Å². The SMILES string of the molecule is NC(=O)c1c(NC(=O)C[NH2+][C@@H](c2ccccc2)c2ccco2)sc2c1CCCC2. The zero-order valence-corrected chi connectivity index (χ0v) is 16.8. The van der Waals surface area contributed by atoms with Gasteiger partial charge >= 0.3 is 0 Å². The maximum absolute atomic E-state index is 12.7. The summed E-state index contributed by atoms with van der Waals surface area (Å²) in [5.74, 6) is 0.147. The van der Waals surface area contributed by atoms with Crippen LogP contribution < -0.4 is 16.4 Å². The third kappa shape index (κ3) is 4.26. The Morgan fingerprint density at radius 2 is 1.93 bits per heavy atom. The molecule has 29 heavy (non-hydrogen) atoms. The summed E-state index contributed by atoms with van der Waals surface area (Å²) in [6.07, 6.45) is 5.58. The number of quaternary nitrogens is 1. The topological polar surface area (TPSA) is 102 Å². The quantitative estimate of drug-likeness (QED) is 0.558. The minimum atomic E-state index is -0.471. The molecule has 2 heterocycles. The normalized spacial score (nSPS) is 14.2. The molecule has 5 N–H and O–H groups in total. The molecule has 1 aromatic carbocycles. The van der Waals surface area contributed by atoms with Gasteiger partial charge in [-0.3, -0.25) is 9.59 Å². The highest BCUT2D eigenvalue weighted by molar-refractivity contribution is 7.17. The molecule has 0 radical (unpaired) electrons. The van der Waals surface area contributed by atoms with E-state index in [2.05, 4.69) is 5.32 Å².